The summed E-state index contributed by atoms with van der Waals surface area (Å²) in [5, 5.41) is 7.38. The molecule has 1 atom stereocenters. The molecule has 0 aromatic carbocycles. The number of aromatic nitrogens is 2. The average molecular weight is 288 g/mol. The molecule has 1 aromatic heterocycles. The van der Waals surface area contributed by atoms with Crippen molar-refractivity contribution >= 4 is 21.6 Å². The van der Waals surface area contributed by atoms with Crippen molar-refractivity contribution in [2.45, 2.75) is 46.2 Å². The largest absolute Gasteiger partial charge is 0.380 e. The van der Waals surface area contributed by atoms with E-state index >= 15 is 0 Å². The van der Waals surface area contributed by atoms with Crippen LogP contribution in [-0.4, -0.2) is 15.8 Å². The Morgan fingerprint density at radius 1 is 1.50 bits per heavy atom. The summed E-state index contributed by atoms with van der Waals surface area (Å²) in [6.45, 7) is 8.03. The molecule has 1 aromatic rings. The SMILES string of the molecule is CCC(C)Nc1cnn(C(C)C)c(=O)c1Br. The van der Waals surface area contributed by atoms with Crippen LogP contribution in [0.1, 0.15) is 40.2 Å². The Hall–Kier alpha value is -0.840. The zero-order valence-corrected chi connectivity index (χ0v) is 11.7. The lowest BCUT2D eigenvalue weighted by molar-refractivity contribution is 0.500. The number of hydrogen-bond acceptors (Lipinski definition) is 3. The number of hydrogen-bond donors (Lipinski definition) is 1. The predicted octanol–water partition coefficient (Wildman–Crippen LogP) is 2.80. The summed E-state index contributed by atoms with van der Waals surface area (Å²) in [5.41, 5.74) is 0.666. The van der Waals surface area contributed by atoms with Gasteiger partial charge in [0.05, 0.1) is 17.9 Å². The fraction of sp³-hybridized carbons (Fsp3) is 0.636. The summed E-state index contributed by atoms with van der Waals surface area (Å²) in [4.78, 5) is 11.9. The highest BCUT2D eigenvalue weighted by molar-refractivity contribution is 9.10. The van der Waals surface area contributed by atoms with Gasteiger partial charge in [-0.15, -0.1) is 0 Å². The molecule has 1 rings (SSSR count). The van der Waals surface area contributed by atoms with Gasteiger partial charge in [0.1, 0.15) is 4.47 Å². The molecule has 0 amide bonds. The summed E-state index contributed by atoms with van der Waals surface area (Å²) in [6.07, 6.45) is 2.69. The van der Waals surface area contributed by atoms with Crippen molar-refractivity contribution in [3.8, 4) is 0 Å². The minimum absolute atomic E-state index is 0.0708. The van der Waals surface area contributed by atoms with Crippen LogP contribution in [0.3, 0.4) is 0 Å². The third-order valence-corrected chi connectivity index (χ3v) is 3.21. The Morgan fingerprint density at radius 3 is 2.62 bits per heavy atom. The number of nitrogens with zero attached hydrogens (tertiary/aromatic N) is 2. The highest BCUT2D eigenvalue weighted by atomic mass is 79.9. The van der Waals surface area contributed by atoms with Gasteiger partial charge < -0.3 is 5.32 Å². The van der Waals surface area contributed by atoms with Crippen molar-refractivity contribution in [2.75, 3.05) is 5.32 Å². The number of anilines is 1. The molecule has 0 saturated heterocycles. The predicted molar refractivity (Wildman–Crippen MR) is 70.0 cm³/mol. The summed E-state index contributed by atoms with van der Waals surface area (Å²) >= 11 is 3.32. The highest BCUT2D eigenvalue weighted by Crippen LogP contribution is 2.18. The van der Waals surface area contributed by atoms with Crippen LogP contribution in [0, 0.1) is 0 Å². The van der Waals surface area contributed by atoms with Crippen molar-refractivity contribution in [3.05, 3.63) is 21.0 Å². The van der Waals surface area contributed by atoms with E-state index in [-0.39, 0.29) is 11.6 Å². The first-order valence-corrected chi connectivity index (χ1v) is 6.30. The lowest BCUT2D eigenvalue weighted by Gasteiger charge is -2.15. The van der Waals surface area contributed by atoms with E-state index in [0.717, 1.165) is 12.1 Å². The van der Waals surface area contributed by atoms with E-state index in [1.165, 1.54) is 4.68 Å². The maximum Gasteiger partial charge on any atom is 0.283 e. The van der Waals surface area contributed by atoms with Crippen LogP contribution in [0.4, 0.5) is 5.69 Å². The third-order valence-electron chi connectivity index (χ3n) is 2.45. The molecule has 1 unspecified atom stereocenters. The van der Waals surface area contributed by atoms with E-state index in [1.807, 2.05) is 13.8 Å². The molecule has 0 aliphatic carbocycles. The second-order valence-electron chi connectivity index (χ2n) is 4.17. The van der Waals surface area contributed by atoms with Gasteiger partial charge in [0, 0.05) is 6.04 Å². The molecule has 1 heterocycles. The molecule has 0 radical (unpaired) electrons. The Labute approximate surface area is 104 Å². The topological polar surface area (TPSA) is 46.9 Å². The Morgan fingerprint density at radius 2 is 2.12 bits per heavy atom. The van der Waals surface area contributed by atoms with Crippen LogP contribution in [0.15, 0.2) is 15.5 Å². The van der Waals surface area contributed by atoms with Crippen molar-refractivity contribution in [1.82, 2.24) is 9.78 Å². The monoisotopic (exact) mass is 287 g/mol. The van der Waals surface area contributed by atoms with Gasteiger partial charge in [0.25, 0.3) is 5.56 Å². The molecule has 4 nitrogen and oxygen atoms in total. The minimum Gasteiger partial charge on any atom is -0.380 e. The van der Waals surface area contributed by atoms with Gasteiger partial charge in [-0.2, -0.15) is 5.10 Å². The van der Waals surface area contributed by atoms with Crippen LogP contribution in [-0.2, 0) is 0 Å². The van der Waals surface area contributed by atoms with E-state index < -0.39 is 0 Å². The van der Waals surface area contributed by atoms with Crippen LogP contribution in [0.25, 0.3) is 0 Å². The number of halogens is 1. The fourth-order valence-corrected chi connectivity index (χ4v) is 1.68. The standard InChI is InChI=1S/C11H18BrN3O/c1-5-8(4)14-9-6-13-15(7(2)3)11(16)10(9)12/h6-8,14H,5H2,1-4H3. The first-order valence-electron chi connectivity index (χ1n) is 5.51. The molecule has 0 fully saturated rings. The van der Waals surface area contributed by atoms with Gasteiger partial charge in [-0.1, -0.05) is 6.92 Å². The van der Waals surface area contributed by atoms with Crippen molar-refractivity contribution in [2.24, 2.45) is 0 Å². The highest BCUT2D eigenvalue weighted by Gasteiger charge is 2.11. The summed E-state index contributed by atoms with van der Waals surface area (Å²) in [5.74, 6) is 0. The zero-order valence-electron chi connectivity index (χ0n) is 10.1. The van der Waals surface area contributed by atoms with Crippen LogP contribution in [0.2, 0.25) is 0 Å². The molecule has 5 heteroatoms. The molecular weight excluding hydrogens is 270 g/mol. The van der Waals surface area contributed by atoms with Crippen LogP contribution in [0.5, 0.6) is 0 Å². The average Bonchev–Trinajstić information content (AvgIpc) is 2.24. The van der Waals surface area contributed by atoms with Gasteiger partial charge in [0.2, 0.25) is 0 Å². The number of nitrogens with one attached hydrogen (secondary N) is 1. The maximum absolute atomic E-state index is 11.9. The Kier molecular flexibility index (Phi) is 4.53. The molecule has 16 heavy (non-hydrogen) atoms. The summed E-state index contributed by atoms with van der Waals surface area (Å²) in [7, 11) is 0. The summed E-state index contributed by atoms with van der Waals surface area (Å²) in [6, 6.07) is 0.397. The van der Waals surface area contributed by atoms with E-state index in [2.05, 4.69) is 40.2 Å². The van der Waals surface area contributed by atoms with E-state index in [0.29, 0.717) is 10.5 Å². The van der Waals surface area contributed by atoms with Crippen LogP contribution < -0.4 is 10.9 Å². The molecule has 0 saturated carbocycles. The van der Waals surface area contributed by atoms with E-state index in [4.69, 9.17) is 0 Å². The molecule has 0 spiro atoms. The first kappa shape index (κ1) is 13.2. The van der Waals surface area contributed by atoms with Gasteiger partial charge in [-0.3, -0.25) is 4.79 Å². The lowest BCUT2D eigenvalue weighted by Crippen LogP contribution is -2.27. The van der Waals surface area contributed by atoms with Gasteiger partial charge in [-0.25, -0.2) is 4.68 Å². The second-order valence-corrected chi connectivity index (χ2v) is 4.96. The van der Waals surface area contributed by atoms with Crippen molar-refractivity contribution in [3.63, 3.8) is 0 Å². The minimum atomic E-state index is -0.0942. The third kappa shape index (κ3) is 2.84. The molecule has 1 N–H and O–H groups in total. The second kappa shape index (κ2) is 5.48. The molecule has 0 aliphatic rings. The lowest BCUT2D eigenvalue weighted by atomic mass is 10.2. The van der Waals surface area contributed by atoms with Gasteiger partial charge in [0.15, 0.2) is 0 Å². The smallest absolute Gasteiger partial charge is 0.283 e. The van der Waals surface area contributed by atoms with Crippen molar-refractivity contribution < 1.29 is 0 Å². The van der Waals surface area contributed by atoms with Crippen molar-refractivity contribution in [1.29, 1.82) is 0 Å². The van der Waals surface area contributed by atoms with Gasteiger partial charge >= 0.3 is 0 Å². The molecular formula is C11H18BrN3O. The molecule has 0 aliphatic heterocycles. The zero-order chi connectivity index (χ0) is 12.3. The van der Waals surface area contributed by atoms with E-state index in [9.17, 15) is 4.79 Å². The molecule has 0 bridgehead atoms. The van der Waals surface area contributed by atoms with Crippen LogP contribution >= 0.6 is 15.9 Å². The summed E-state index contributed by atoms with van der Waals surface area (Å²) < 4.78 is 2.02. The maximum atomic E-state index is 11.9. The first-order chi connectivity index (χ1) is 7.47. The van der Waals surface area contributed by atoms with E-state index in [1.54, 1.807) is 6.20 Å². The van der Waals surface area contributed by atoms with Gasteiger partial charge in [-0.05, 0) is 43.1 Å². The quantitative estimate of drug-likeness (QED) is 0.926. The number of rotatable bonds is 4. The Bertz CT molecular complexity index is 414. The Balaban J connectivity index is 3.07. The molecule has 90 valence electrons. The normalized spacial score (nSPS) is 12.9. The fourth-order valence-electron chi connectivity index (χ4n) is 1.28.